The van der Waals surface area contributed by atoms with Gasteiger partial charge in [-0.1, -0.05) is 54.7 Å². The highest BCUT2D eigenvalue weighted by molar-refractivity contribution is 6.43. The molecule has 3 heterocycles. The lowest BCUT2D eigenvalue weighted by Crippen LogP contribution is -2.50. The fourth-order valence-corrected chi connectivity index (χ4v) is 5.77. The minimum Gasteiger partial charge on any atom is -0.494 e. The summed E-state index contributed by atoms with van der Waals surface area (Å²) in [5.74, 6) is 0.124. The van der Waals surface area contributed by atoms with E-state index < -0.39 is 5.91 Å². The molecule has 1 fully saturated rings. The summed E-state index contributed by atoms with van der Waals surface area (Å²) in [5, 5.41) is 3.47. The Hall–Kier alpha value is -3.55. The third kappa shape index (κ3) is 6.11. The molecule has 0 radical (unpaired) electrons. The van der Waals surface area contributed by atoms with Gasteiger partial charge in [-0.15, -0.1) is 0 Å². The van der Waals surface area contributed by atoms with Gasteiger partial charge in [0.1, 0.15) is 11.4 Å². The average molecular weight is 581 g/mol. The van der Waals surface area contributed by atoms with Crippen LogP contribution in [0.25, 0.3) is 6.08 Å². The summed E-state index contributed by atoms with van der Waals surface area (Å²) in [5.41, 5.74) is 1.93. The fourth-order valence-electron chi connectivity index (χ4n) is 5.40. The number of hydrogen-bond donors (Lipinski definition) is 1. The number of nitrogens with zero attached hydrogens (tertiary/aromatic N) is 2. The number of hydrogen-bond acceptors (Lipinski definition) is 4. The number of benzene rings is 2. The molecule has 208 valence electrons. The van der Waals surface area contributed by atoms with E-state index in [0.29, 0.717) is 53.2 Å². The van der Waals surface area contributed by atoms with Gasteiger partial charge in [-0.2, -0.15) is 0 Å². The molecule has 2 aromatic carbocycles. The van der Waals surface area contributed by atoms with Gasteiger partial charge >= 0.3 is 0 Å². The Morgan fingerprint density at radius 1 is 1.02 bits per heavy atom. The van der Waals surface area contributed by atoms with Crippen LogP contribution in [0.2, 0.25) is 10.0 Å². The second kappa shape index (κ2) is 12.3. The predicted molar refractivity (Wildman–Crippen MR) is 157 cm³/mol. The number of likely N-dealkylation sites (tertiary alicyclic amines) is 1. The summed E-state index contributed by atoms with van der Waals surface area (Å²) in [6.07, 6.45) is 4.46. The van der Waals surface area contributed by atoms with Crippen LogP contribution >= 0.6 is 23.2 Å². The summed E-state index contributed by atoms with van der Waals surface area (Å²) < 4.78 is 7.52. The van der Waals surface area contributed by atoms with Crippen molar-refractivity contribution in [2.24, 2.45) is 5.92 Å². The van der Waals surface area contributed by atoms with E-state index >= 15 is 0 Å². The second-order valence-electron chi connectivity index (χ2n) is 10.3. The summed E-state index contributed by atoms with van der Waals surface area (Å²) in [6, 6.07) is 17.3. The maximum atomic E-state index is 14.0. The van der Waals surface area contributed by atoms with Crippen LogP contribution in [0.15, 0.2) is 71.2 Å². The van der Waals surface area contributed by atoms with Crippen molar-refractivity contribution in [2.45, 2.75) is 38.6 Å². The van der Waals surface area contributed by atoms with E-state index in [2.05, 4.69) is 12.2 Å². The second-order valence-corrected chi connectivity index (χ2v) is 11.1. The van der Waals surface area contributed by atoms with Gasteiger partial charge in [0.05, 0.1) is 16.7 Å². The van der Waals surface area contributed by atoms with Crippen molar-refractivity contribution in [3.63, 3.8) is 0 Å². The molecule has 2 aliphatic heterocycles. The average Bonchev–Trinajstić information content (AvgIpc) is 2.95. The Balaban J connectivity index is 1.40. The normalized spacial score (nSPS) is 18.2. The molecule has 9 heteroatoms. The van der Waals surface area contributed by atoms with Crippen molar-refractivity contribution in [3.8, 4) is 5.75 Å². The molecule has 40 heavy (non-hydrogen) atoms. The van der Waals surface area contributed by atoms with Crippen molar-refractivity contribution in [1.29, 1.82) is 0 Å². The number of unbranched alkanes of at least 4 members (excludes halogenated alkanes) is 1. The summed E-state index contributed by atoms with van der Waals surface area (Å²) in [6.45, 7) is 4.19. The summed E-state index contributed by atoms with van der Waals surface area (Å²) in [7, 11) is 0. The lowest BCUT2D eigenvalue weighted by molar-refractivity contribution is -0.130. The van der Waals surface area contributed by atoms with Gasteiger partial charge in [0.2, 0.25) is 0 Å². The van der Waals surface area contributed by atoms with Crippen LogP contribution in [0.3, 0.4) is 0 Å². The number of amides is 2. The van der Waals surface area contributed by atoms with Crippen molar-refractivity contribution >= 4 is 41.1 Å². The van der Waals surface area contributed by atoms with E-state index in [9.17, 15) is 14.4 Å². The third-order valence-electron chi connectivity index (χ3n) is 7.41. The van der Waals surface area contributed by atoms with Gasteiger partial charge in [-0.05, 0) is 66.8 Å². The molecule has 7 nitrogen and oxygen atoms in total. The zero-order valence-corrected chi connectivity index (χ0v) is 23.8. The lowest BCUT2D eigenvalue weighted by atomic mass is 9.83. The topological polar surface area (TPSA) is 80.6 Å². The van der Waals surface area contributed by atoms with Gasteiger partial charge in [-0.25, -0.2) is 0 Å². The Bertz CT molecular complexity index is 1500. The van der Waals surface area contributed by atoms with Crippen LogP contribution in [0, 0.1) is 5.92 Å². The SMILES string of the molecule is CCCCOc1ccc(C(=O)NC(=Cc2cccc(Cl)c2Cl)C(=O)N2CC3CC(C2)c2cccc(=O)n2C3)cc1. The van der Waals surface area contributed by atoms with E-state index in [1.54, 1.807) is 65.6 Å². The van der Waals surface area contributed by atoms with Crippen molar-refractivity contribution in [1.82, 2.24) is 14.8 Å². The van der Waals surface area contributed by atoms with E-state index in [4.69, 9.17) is 27.9 Å². The van der Waals surface area contributed by atoms with Gasteiger partial charge < -0.3 is 19.5 Å². The zero-order valence-electron chi connectivity index (χ0n) is 22.2. The predicted octanol–water partition coefficient (Wildman–Crippen LogP) is 5.75. The number of rotatable bonds is 8. The van der Waals surface area contributed by atoms with E-state index in [1.165, 1.54) is 0 Å². The highest BCUT2D eigenvalue weighted by Gasteiger charge is 2.37. The Kier molecular flexibility index (Phi) is 8.62. The largest absolute Gasteiger partial charge is 0.494 e. The van der Waals surface area contributed by atoms with Gasteiger partial charge in [0.15, 0.2) is 0 Å². The van der Waals surface area contributed by atoms with Crippen molar-refractivity contribution in [3.05, 3.63) is 104 Å². The molecule has 1 aromatic heterocycles. The van der Waals surface area contributed by atoms with Crippen molar-refractivity contribution < 1.29 is 14.3 Å². The lowest BCUT2D eigenvalue weighted by Gasteiger charge is -2.43. The van der Waals surface area contributed by atoms with Gasteiger partial charge in [0, 0.05) is 42.9 Å². The monoisotopic (exact) mass is 579 g/mol. The minimum atomic E-state index is -0.424. The standard InChI is InChI=1S/C31H31Cl2N3O4/c1-2-3-14-40-24-12-10-21(11-13-24)30(38)34-26(16-22-6-4-7-25(32)29(22)33)31(39)35-17-20-15-23(19-35)27-8-5-9-28(37)36(27)18-20/h4-13,16,20,23H,2-3,14-15,17-19H2,1H3,(H,34,38). The van der Waals surface area contributed by atoms with Crippen molar-refractivity contribution in [2.75, 3.05) is 19.7 Å². The minimum absolute atomic E-state index is 0.0165. The number of carbonyl (C=O) groups excluding carboxylic acids is 2. The number of nitrogens with one attached hydrogen (secondary N) is 1. The molecule has 1 saturated heterocycles. The fraction of sp³-hybridized carbons (Fsp3) is 0.323. The Morgan fingerprint density at radius 2 is 1.80 bits per heavy atom. The summed E-state index contributed by atoms with van der Waals surface area (Å²) >= 11 is 12.7. The highest BCUT2D eigenvalue weighted by atomic mass is 35.5. The van der Waals surface area contributed by atoms with Crippen LogP contribution < -0.4 is 15.6 Å². The third-order valence-corrected chi connectivity index (χ3v) is 8.24. The van der Waals surface area contributed by atoms with Crippen LogP contribution in [0.1, 0.15) is 53.7 Å². The Labute approximate surface area is 243 Å². The molecule has 2 atom stereocenters. The molecule has 2 amide bonds. The zero-order chi connectivity index (χ0) is 28.2. The van der Waals surface area contributed by atoms with Crippen LogP contribution in [-0.2, 0) is 11.3 Å². The number of halogens is 2. The highest BCUT2D eigenvalue weighted by Crippen LogP contribution is 2.35. The molecule has 3 aromatic rings. The number of aromatic nitrogens is 1. The quantitative estimate of drug-likeness (QED) is 0.272. The smallest absolute Gasteiger partial charge is 0.270 e. The van der Waals surface area contributed by atoms with E-state index in [-0.39, 0.29) is 29.0 Å². The first-order valence-corrected chi connectivity index (χ1v) is 14.3. The molecule has 1 N–H and O–H groups in total. The first kappa shape index (κ1) is 28.0. The number of pyridine rings is 1. The molecule has 0 saturated carbocycles. The molecule has 5 rings (SSSR count). The first-order valence-electron chi connectivity index (χ1n) is 13.5. The number of fused-ring (bicyclic) bond motifs is 4. The molecule has 2 aliphatic rings. The van der Waals surface area contributed by atoms with Crippen LogP contribution in [-0.4, -0.2) is 41.0 Å². The number of ether oxygens (including phenoxy) is 1. The molecule has 0 aliphatic carbocycles. The Morgan fingerprint density at radius 3 is 2.58 bits per heavy atom. The van der Waals surface area contributed by atoms with Gasteiger partial charge in [0.25, 0.3) is 17.4 Å². The molecule has 0 spiro atoms. The molecular weight excluding hydrogens is 549 g/mol. The molecule has 2 unspecified atom stereocenters. The first-order chi connectivity index (χ1) is 19.3. The number of piperidine rings is 1. The van der Waals surface area contributed by atoms with E-state index in [0.717, 1.165) is 25.0 Å². The maximum absolute atomic E-state index is 14.0. The van der Waals surface area contributed by atoms with E-state index in [1.807, 2.05) is 10.6 Å². The number of carbonyl (C=O) groups is 2. The molecular formula is C31H31Cl2N3O4. The summed E-state index contributed by atoms with van der Waals surface area (Å²) in [4.78, 5) is 41.4. The molecule has 2 bridgehead atoms. The van der Waals surface area contributed by atoms with Crippen LogP contribution in [0.5, 0.6) is 5.75 Å². The maximum Gasteiger partial charge on any atom is 0.270 e. The van der Waals surface area contributed by atoms with Gasteiger partial charge in [-0.3, -0.25) is 14.4 Å². The van der Waals surface area contributed by atoms with Crippen LogP contribution in [0.4, 0.5) is 0 Å².